The minimum atomic E-state index is -0.223. The first-order chi connectivity index (χ1) is 11.5. The summed E-state index contributed by atoms with van der Waals surface area (Å²) >= 11 is 0. The number of carbonyl (C=O) groups is 2. The Morgan fingerprint density at radius 1 is 1.29 bits per heavy atom. The predicted octanol–water partition coefficient (Wildman–Crippen LogP) is 0.549. The van der Waals surface area contributed by atoms with E-state index in [0.29, 0.717) is 11.4 Å². The first-order valence-corrected chi connectivity index (χ1v) is 8.56. The van der Waals surface area contributed by atoms with Crippen LogP contribution in [-0.4, -0.2) is 56.5 Å². The van der Waals surface area contributed by atoms with Crippen LogP contribution in [0.1, 0.15) is 26.2 Å². The molecule has 1 unspecified atom stereocenters. The van der Waals surface area contributed by atoms with E-state index in [1.54, 1.807) is 13.2 Å². The fourth-order valence-electron chi connectivity index (χ4n) is 2.91. The molecule has 1 aliphatic rings. The van der Waals surface area contributed by atoms with E-state index < -0.39 is 0 Å². The third-order valence-corrected chi connectivity index (χ3v) is 4.57. The Balaban J connectivity index is 1.86. The molecular weight excluding hydrogens is 306 g/mol. The van der Waals surface area contributed by atoms with Crippen molar-refractivity contribution in [3.63, 3.8) is 0 Å². The number of likely N-dealkylation sites (N-methyl/N-ethyl adjacent to an activating group) is 1. The average Bonchev–Trinajstić information content (AvgIpc) is 2.61. The van der Waals surface area contributed by atoms with Gasteiger partial charge < -0.3 is 19.9 Å². The van der Waals surface area contributed by atoms with Gasteiger partial charge in [-0.05, 0) is 38.3 Å². The van der Waals surface area contributed by atoms with Gasteiger partial charge in [0.15, 0.2) is 12.6 Å². The van der Waals surface area contributed by atoms with Crippen molar-refractivity contribution >= 4 is 17.5 Å². The molecule has 1 aromatic carbocycles. The number of methoxy groups -OCH3 is 1. The zero-order chi connectivity index (χ0) is 17.5. The lowest BCUT2D eigenvalue weighted by Crippen LogP contribution is -3.15. The molecule has 0 radical (unpaired) electrons. The SMILES string of the molecule is COc1cccc(NC(=O)C[NH+](C)[C@H](C)C(=O)N2CCCCC2)c1. The van der Waals surface area contributed by atoms with Gasteiger partial charge in [0.1, 0.15) is 5.75 Å². The second-order valence-electron chi connectivity index (χ2n) is 6.41. The molecule has 1 heterocycles. The van der Waals surface area contributed by atoms with Crippen LogP contribution in [-0.2, 0) is 9.59 Å². The molecule has 0 aromatic heterocycles. The molecule has 2 amide bonds. The zero-order valence-corrected chi connectivity index (χ0v) is 14.8. The molecule has 0 saturated carbocycles. The fourth-order valence-corrected chi connectivity index (χ4v) is 2.91. The minimum absolute atomic E-state index is 0.112. The molecule has 132 valence electrons. The Hall–Kier alpha value is -2.08. The maximum absolute atomic E-state index is 12.5. The molecule has 1 aliphatic heterocycles. The second kappa shape index (κ2) is 8.68. The number of hydrogen-bond donors (Lipinski definition) is 2. The van der Waals surface area contributed by atoms with E-state index in [1.807, 2.05) is 37.1 Å². The lowest BCUT2D eigenvalue weighted by molar-refractivity contribution is -0.886. The van der Waals surface area contributed by atoms with Crippen molar-refractivity contribution in [1.82, 2.24) is 4.90 Å². The van der Waals surface area contributed by atoms with Gasteiger partial charge in [0.05, 0.1) is 14.2 Å². The van der Waals surface area contributed by atoms with E-state index in [4.69, 9.17) is 4.74 Å². The van der Waals surface area contributed by atoms with E-state index in [2.05, 4.69) is 5.32 Å². The van der Waals surface area contributed by atoms with Crippen LogP contribution in [0.3, 0.4) is 0 Å². The summed E-state index contributed by atoms with van der Waals surface area (Å²) in [6.07, 6.45) is 3.35. The maximum atomic E-state index is 12.5. The molecule has 2 atom stereocenters. The zero-order valence-electron chi connectivity index (χ0n) is 14.8. The van der Waals surface area contributed by atoms with Crippen LogP contribution in [0.4, 0.5) is 5.69 Å². The molecule has 0 aliphatic carbocycles. The molecule has 2 N–H and O–H groups in total. The number of amides is 2. The molecule has 0 spiro atoms. The second-order valence-corrected chi connectivity index (χ2v) is 6.41. The number of hydrogen-bond acceptors (Lipinski definition) is 3. The summed E-state index contributed by atoms with van der Waals surface area (Å²) in [4.78, 5) is 27.6. The van der Waals surface area contributed by atoms with Crippen molar-refractivity contribution in [2.24, 2.45) is 0 Å². The van der Waals surface area contributed by atoms with Crippen molar-refractivity contribution in [3.05, 3.63) is 24.3 Å². The van der Waals surface area contributed by atoms with Crippen LogP contribution in [0.2, 0.25) is 0 Å². The molecule has 6 heteroatoms. The Morgan fingerprint density at radius 2 is 2.00 bits per heavy atom. The minimum Gasteiger partial charge on any atom is -0.497 e. The number of likely N-dealkylation sites (tertiary alicyclic amines) is 1. The van der Waals surface area contributed by atoms with Gasteiger partial charge in [-0.1, -0.05) is 6.07 Å². The van der Waals surface area contributed by atoms with Crippen molar-refractivity contribution in [1.29, 1.82) is 0 Å². The standard InChI is InChI=1S/C18H27N3O3/c1-14(18(23)21-10-5-4-6-11-21)20(2)13-17(22)19-15-8-7-9-16(12-15)24-3/h7-9,12,14H,4-6,10-11,13H2,1-3H3,(H,19,22)/p+1/t14-/m1/s1. The predicted molar refractivity (Wildman–Crippen MR) is 93.3 cm³/mol. The molecule has 2 rings (SSSR count). The summed E-state index contributed by atoms with van der Waals surface area (Å²) in [5, 5.41) is 2.86. The topological polar surface area (TPSA) is 63.1 Å². The van der Waals surface area contributed by atoms with E-state index in [1.165, 1.54) is 6.42 Å². The van der Waals surface area contributed by atoms with Crippen molar-refractivity contribution in [2.75, 3.05) is 39.1 Å². The summed E-state index contributed by atoms with van der Waals surface area (Å²) in [5.74, 6) is 0.725. The molecule has 1 saturated heterocycles. The van der Waals surface area contributed by atoms with E-state index in [0.717, 1.165) is 30.8 Å². The Morgan fingerprint density at radius 3 is 2.67 bits per heavy atom. The van der Waals surface area contributed by atoms with Gasteiger partial charge in [0, 0.05) is 24.8 Å². The Kier molecular flexibility index (Phi) is 6.61. The van der Waals surface area contributed by atoms with Gasteiger partial charge >= 0.3 is 0 Å². The fraction of sp³-hybridized carbons (Fsp3) is 0.556. The third-order valence-electron chi connectivity index (χ3n) is 4.57. The highest BCUT2D eigenvalue weighted by molar-refractivity contribution is 5.91. The van der Waals surface area contributed by atoms with Gasteiger partial charge in [0.2, 0.25) is 0 Å². The highest BCUT2D eigenvalue weighted by atomic mass is 16.5. The van der Waals surface area contributed by atoms with Crippen LogP contribution < -0.4 is 15.0 Å². The van der Waals surface area contributed by atoms with Crippen LogP contribution in [0.5, 0.6) is 5.75 Å². The maximum Gasteiger partial charge on any atom is 0.280 e. The number of nitrogens with zero attached hydrogens (tertiary/aromatic N) is 1. The van der Waals surface area contributed by atoms with Gasteiger partial charge in [-0.15, -0.1) is 0 Å². The van der Waals surface area contributed by atoms with Crippen LogP contribution >= 0.6 is 0 Å². The number of carbonyl (C=O) groups excluding carboxylic acids is 2. The molecule has 0 bridgehead atoms. The summed E-state index contributed by atoms with van der Waals surface area (Å²) in [6, 6.07) is 7.02. The van der Waals surface area contributed by atoms with E-state index in [-0.39, 0.29) is 24.4 Å². The quantitative estimate of drug-likeness (QED) is 0.799. The first-order valence-electron chi connectivity index (χ1n) is 8.56. The summed E-state index contributed by atoms with van der Waals surface area (Å²) in [7, 11) is 3.48. The van der Waals surface area contributed by atoms with Crippen LogP contribution in [0, 0.1) is 0 Å². The number of anilines is 1. The van der Waals surface area contributed by atoms with Gasteiger partial charge in [-0.2, -0.15) is 0 Å². The number of benzene rings is 1. The molecule has 24 heavy (non-hydrogen) atoms. The van der Waals surface area contributed by atoms with Crippen LogP contribution in [0.25, 0.3) is 0 Å². The molecule has 1 fully saturated rings. The average molecular weight is 334 g/mol. The van der Waals surface area contributed by atoms with Gasteiger partial charge in [-0.25, -0.2) is 0 Å². The highest BCUT2D eigenvalue weighted by Gasteiger charge is 2.29. The summed E-state index contributed by atoms with van der Waals surface area (Å²) in [5.41, 5.74) is 0.696. The van der Waals surface area contributed by atoms with Gasteiger partial charge in [-0.3, -0.25) is 9.59 Å². The number of rotatable bonds is 6. The number of nitrogens with one attached hydrogen (secondary N) is 2. The first kappa shape index (κ1) is 18.3. The van der Waals surface area contributed by atoms with Crippen molar-refractivity contribution in [2.45, 2.75) is 32.2 Å². The number of ether oxygens (including phenoxy) is 1. The third kappa shape index (κ3) is 4.96. The molecular formula is C18H28N3O3+. The Bertz CT molecular complexity index is 570. The normalized spacial score (nSPS) is 17.0. The van der Waals surface area contributed by atoms with Crippen molar-refractivity contribution < 1.29 is 19.2 Å². The smallest absolute Gasteiger partial charge is 0.280 e. The molecule has 6 nitrogen and oxygen atoms in total. The number of quaternary nitrogens is 1. The van der Waals surface area contributed by atoms with Crippen LogP contribution in [0.15, 0.2) is 24.3 Å². The van der Waals surface area contributed by atoms with E-state index >= 15 is 0 Å². The lowest BCUT2D eigenvalue weighted by Gasteiger charge is -2.30. The largest absolute Gasteiger partial charge is 0.497 e. The number of piperidine rings is 1. The lowest BCUT2D eigenvalue weighted by atomic mass is 10.1. The molecule has 1 aromatic rings. The highest BCUT2D eigenvalue weighted by Crippen LogP contribution is 2.16. The van der Waals surface area contributed by atoms with Gasteiger partial charge in [0.25, 0.3) is 11.8 Å². The van der Waals surface area contributed by atoms with Crippen molar-refractivity contribution in [3.8, 4) is 5.75 Å². The summed E-state index contributed by atoms with van der Waals surface area (Å²) in [6.45, 7) is 3.82. The van der Waals surface area contributed by atoms with E-state index in [9.17, 15) is 9.59 Å². The monoisotopic (exact) mass is 334 g/mol. The summed E-state index contributed by atoms with van der Waals surface area (Å²) < 4.78 is 5.15. The Labute approximate surface area is 143 Å².